The molecule has 0 radical (unpaired) electrons. The molecular formula is C25H35N5O2S. The fraction of sp³-hybridized carbons (Fsp3) is 0.520. The summed E-state index contributed by atoms with van der Waals surface area (Å²) >= 11 is 0. The molecule has 2 aromatic carbocycles. The molecule has 2 saturated carbocycles. The monoisotopic (exact) mass is 469 g/mol. The van der Waals surface area contributed by atoms with Crippen molar-refractivity contribution in [3.63, 3.8) is 0 Å². The van der Waals surface area contributed by atoms with Gasteiger partial charge in [0.1, 0.15) is 0 Å². The molecule has 8 heteroatoms. The zero-order chi connectivity index (χ0) is 22.8. The smallest absolute Gasteiger partial charge is 0.301 e. The summed E-state index contributed by atoms with van der Waals surface area (Å²) in [5.41, 5.74) is 10.1. The highest BCUT2D eigenvalue weighted by Gasteiger charge is 2.39. The second-order valence-electron chi connectivity index (χ2n) is 9.69. The Balaban J connectivity index is 1.20. The van der Waals surface area contributed by atoms with E-state index in [1.165, 1.54) is 29.1 Å². The maximum atomic E-state index is 12.7. The van der Waals surface area contributed by atoms with Crippen LogP contribution in [0.4, 0.5) is 5.69 Å². The summed E-state index contributed by atoms with van der Waals surface area (Å²) in [6.45, 7) is 2.34. The van der Waals surface area contributed by atoms with Gasteiger partial charge in [-0.15, -0.1) is 0 Å². The lowest BCUT2D eigenvalue weighted by molar-refractivity contribution is 0.339. The zero-order valence-electron chi connectivity index (χ0n) is 19.0. The van der Waals surface area contributed by atoms with Crippen LogP contribution in [0, 0.1) is 0 Å². The van der Waals surface area contributed by atoms with Crippen LogP contribution in [0.2, 0.25) is 0 Å². The van der Waals surface area contributed by atoms with Gasteiger partial charge in [-0.05, 0) is 60.9 Å². The predicted octanol–water partition coefficient (Wildman–Crippen LogP) is 2.63. The third-order valence-electron chi connectivity index (χ3n) is 7.21. The predicted molar refractivity (Wildman–Crippen MR) is 133 cm³/mol. The van der Waals surface area contributed by atoms with E-state index in [2.05, 4.69) is 39.6 Å². The standard InChI is InChI=1S/C25H35N5O2S/c26-21-8-10-22(11-9-21)28-25-17-24(25)19-6-4-18(5-7-19)20-2-1-3-23(16-20)29-33(31,32)30-14-12-27-13-15-30/h1-7,16,21-22,24-25,27-29H,8-15,17,26H2/t21-,22-,24-,25+/m1/s1. The average molecular weight is 470 g/mol. The van der Waals surface area contributed by atoms with Gasteiger partial charge in [0.2, 0.25) is 0 Å². The average Bonchev–Trinajstić information content (AvgIpc) is 3.60. The second kappa shape index (κ2) is 9.72. The van der Waals surface area contributed by atoms with Gasteiger partial charge in [-0.1, -0.05) is 36.4 Å². The number of benzene rings is 2. The van der Waals surface area contributed by atoms with Gasteiger partial charge in [-0.25, -0.2) is 0 Å². The van der Waals surface area contributed by atoms with Crippen LogP contribution in [0.5, 0.6) is 0 Å². The third-order valence-corrected chi connectivity index (χ3v) is 8.75. The Morgan fingerprint density at radius 3 is 2.39 bits per heavy atom. The van der Waals surface area contributed by atoms with E-state index in [1.807, 2.05) is 18.2 Å². The first kappa shape index (κ1) is 22.8. The molecule has 7 nitrogen and oxygen atoms in total. The van der Waals surface area contributed by atoms with Crippen molar-refractivity contribution in [3.05, 3.63) is 54.1 Å². The molecule has 1 aliphatic heterocycles. The fourth-order valence-corrected chi connectivity index (χ4v) is 6.34. The van der Waals surface area contributed by atoms with E-state index in [0.717, 1.165) is 24.0 Å². The second-order valence-corrected chi connectivity index (χ2v) is 11.4. The normalized spacial score (nSPS) is 28.4. The Labute approximate surface area is 197 Å². The summed E-state index contributed by atoms with van der Waals surface area (Å²) in [6, 6.07) is 17.9. The van der Waals surface area contributed by atoms with Crippen molar-refractivity contribution in [2.24, 2.45) is 5.73 Å². The molecule has 0 spiro atoms. The maximum Gasteiger partial charge on any atom is 0.301 e. The number of nitrogens with two attached hydrogens (primary N) is 1. The SMILES string of the molecule is N[C@H]1CC[C@H](N[C@H]2C[C@@H]2c2ccc(-c3cccc(NS(=O)(=O)N4CCNCC4)c3)cc2)CC1. The first-order chi connectivity index (χ1) is 16.0. The Bertz CT molecular complexity index is 1040. The lowest BCUT2D eigenvalue weighted by Gasteiger charge is -2.27. The van der Waals surface area contributed by atoms with Gasteiger partial charge in [0.25, 0.3) is 0 Å². The Morgan fingerprint density at radius 2 is 1.67 bits per heavy atom. The van der Waals surface area contributed by atoms with E-state index in [4.69, 9.17) is 5.73 Å². The summed E-state index contributed by atoms with van der Waals surface area (Å²) in [4.78, 5) is 0. The molecule has 3 fully saturated rings. The highest BCUT2D eigenvalue weighted by atomic mass is 32.2. The van der Waals surface area contributed by atoms with Crippen LogP contribution < -0.4 is 21.1 Å². The number of anilines is 1. The Kier molecular flexibility index (Phi) is 6.72. The molecule has 178 valence electrons. The van der Waals surface area contributed by atoms with Gasteiger partial charge in [0.15, 0.2) is 0 Å². The minimum atomic E-state index is -3.54. The Hall–Kier alpha value is -1.97. The van der Waals surface area contributed by atoms with Crippen molar-refractivity contribution in [1.82, 2.24) is 14.9 Å². The Morgan fingerprint density at radius 1 is 0.939 bits per heavy atom. The lowest BCUT2D eigenvalue weighted by Crippen LogP contribution is -2.48. The molecule has 0 amide bonds. The highest BCUT2D eigenvalue weighted by Crippen LogP contribution is 2.42. The molecule has 5 N–H and O–H groups in total. The molecule has 0 aromatic heterocycles. The number of piperazine rings is 1. The number of rotatable bonds is 7. The van der Waals surface area contributed by atoms with Crippen LogP contribution in [-0.4, -0.2) is 57.0 Å². The first-order valence-corrected chi connectivity index (χ1v) is 13.6. The van der Waals surface area contributed by atoms with E-state index < -0.39 is 10.2 Å². The number of hydrogen-bond donors (Lipinski definition) is 4. The zero-order valence-corrected chi connectivity index (χ0v) is 19.9. The summed E-state index contributed by atoms with van der Waals surface area (Å²) in [7, 11) is -3.54. The number of nitrogens with one attached hydrogen (secondary N) is 3. The number of hydrogen-bond acceptors (Lipinski definition) is 5. The van der Waals surface area contributed by atoms with Crippen LogP contribution in [0.25, 0.3) is 11.1 Å². The van der Waals surface area contributed by atoms with Crippen molar-refractivity contribution in [2.45, 2.75) is 56.1 Å². The van der Waals surface area contributed by atoms with Crippen molar-refractivity contribution in [2.75, 3.05) is 30.9 Å². The van der Waals surface area contributed by atoms with E-state index >= 15 is 0 Å². The van der Waals surface area contributed by atoms with E-state index in [-0.39, 0.29) is 0 Å². The van der Waals surface area contributed by atoms with Crippen molar-refractivity contribution < 1.29 is 8.42 Å². The van der Waals surface area contributed by atoms with Gasteiger partial charge in [0, 0.05) is 50.2 Å². The minimum absolute atomic E-state index is 0.390. The molecule has 2 atom stereocenters. The molecule has 2 aliphatic carbocycles. The summed E-state index contributed by atoms with van der Waals surface area (Å²) in [5, 5.41) is 7.02. The van der Waals surface area contributed by atoms with Crippen LogP contribution in [-0.2, 0) is 10.2 Å². The molecule has 3 aliphatic rings. The van der Waals surface area contributed by atoms with Crippen LogP contribution in [0.15, 0.2) is 48.5 Å². The summed E-state index contributed by atoms with van der Waals surface area (Å²) in [5.74, 6) is 0.590. The highest BCUT2D eigenvalue weighted by molar-refractivity contribution is 7.90. The quantitative estimate of drug-likeness (QED) is 0.500. The fourth-order valence-electron chi connectivity index (χ4n) is 5.12. The minimum Gasteiger partial charge on any atom is -0.328 e. The topological polar surface area (TPSA) is 99.5 Å². The van der Waals surface area contributed by atoms with Gasteiger partial charge in [-0.3, -0.25) is 4.72 Å². The molecule has 1 saturated heterocycles. The van der Waals surface area contributed by atoms with Crippen molar-refractivity contribution in [1.29, 1.82) is 0 Å². The van der Waals surface area contributed by atoms with Gasteiger partial charge in [-0.2, -0.15) is 12.7 Å². The molecule has 2 aromatic rings. The van der Waals surface area contributed by atoms with Crippen LogP contribution in [0.3, 0.4) is 0 Å². The van der Waals surface area contributed by atoms with Gasteiger partial charge in [0.05, 0.1) is 5.69 Å². The van der Waals surface area contributed by atoms with Crippen molar-refractivity contribution in [3.8, 4) is 11.1 Å². The van der Waals surface area contributed by atoms with Crippen molar-refractivity contribution >= 4 is 15.9 Å². The molecule has 0 unspecified atom stereocenters. The van der Waals surface area contributed by atoms with E-state index in [0.29, 0.717) is 55.9 Å². The number of nitrogens with zero attached hydrogens (tertiary/aromatic N) is 1. The molecule has 0 bridgehead atoms. The maximum absolute atomic E-state index is 12.7. The van der Waals surface area contributed by atoms with Gasteiger partial charge >= 0.3 is 10.2 Å². The van der Waals surface area contributed by atoms with Crippen LogP contribution >= 0.6 is 0 Å². The molecule has 1 heterocycles. The third kappa shape index (κ3) is 5.58. The van der Waals surface area contributed by atoms with Crippen LogP contribution in [0.1, 0.15) is 43.6 Å². The summed E-state index contributed by atoms with van der Waals surface area (Å²) in [6.07, 6.45) is 5.85. The van der Waals surface area contributed by atoms with E-state index in [1.54, 1.807) is 6.07 Å². The lowest BCUT2D eigenvalue weighted by atomic mass is 9.92. The van der Waals surface area contributed by atoms with Gasteiger partial charge < -0.3 is 16.4 Å². The molecule has 5 rings (SSSR count). The summed E-state index contributed by atoms with van der Waals surface area (Å²) < 4.78 is 29.6. The molecule has 33 heavy (non-hydrogen) atoms. The van der Waals surface area contributed by atoms with E-state index in [9.17, 15) is 8.42 Å². The first-order valence-electron chi connectivity index (χ1n) is 12.2. The molecular weight excluding hydrogens is 434 g/mol. The largest absolute Gasteiger partial charge is 0.328 e.